The molecule has 2 N–H and O–H groups in total. The van der Waals surface area contributed by atoms with Crippen LogP contribution in [0.3, 0.4) is 0 Å². The summed E-state index contributed by atoms with van der Waals surface area (Å²) in [6.45, 7) is 3.56. The van der Waals surface area contributed by atoms with Crippen LogP contribution in [-0.2, 0) is 9.59 Å². The fourth-order valence-electron chi connectivity index (χ4n) is 4.62. The van der Waals surface area contributed by atoms with Gasteiger partial charge in [0.2, 0.25) is 0 Å². The first-order valence-corrected chi connectivity index (χ1v) is 14.6. The second-order valence-electron chi connectivity index (χ2n) is 10.1. The lowest BCUT2D eigenvalue weighted by atomic mass is 10.2. The van der Waals surface area contributed by atoms with E-state index in [2.05, 4.69) is 20.8 Å². The fourth-order valence-corrected chi connectivity index (χ4v) is 4.99. The van der Waals surface area contributed by atoms with E-state index in [1.165, 1.54) is 10.0 Å². The zero-order chi connectivity index (χ0) is 31.5. The number of benzene rings is 4. The van der Waals surface area contributed by atoms with Crippen molar-refractivity contribution in [3.05, 3.63) is 131 Å². The second-order valence-corrected chi connectivity index (χ2v) is 11.0. The molecule has 0 saturated carbocycles. The van der Waals surface area contributed by atoms with Gasteiger partial charge in [-0.05, 0) is 98.8 Å². The minimum Gasteiger partial charge on any atom is -0.457 e. The molecule has 0 spiro atoms. The number of hydrogen-bond donors (Lipinski definition) is 2. The number of anilines is 4. The van der Waals surface area contributed by atoms with Crippen LogP contribution in [0, 0.1) is 0 Å². The van der Waals surface area contributed by atoms with Gasteiger partial charge in [0, 0.05) is 33.8 Å². The van der Waals surface area contributed by atoms with E-state index >= 15 is 0 Å². The van der Waals surface area contributed by atoms with Gasteiger partial charge in [-0.25, -0.2) is 0 Å². The van der Waals surface area contributed by atoms with Crippen molar-refractivity contribution in [3.8, 4) is 11.5 Å². The van der Waals surface area contributed by atoms with Crippen LogP contribution in [-0.4, -0.2) is 23.2 Å². The lowest BCUT2D eigenvalue weighted by Gasteiger charge is -2.12. The Morgan fingerprint density at radius 1 is 0.622 bits per heavy atom. The van der Waals surface area contributed by atoms with Crippen LogP contribution >= 0.6 is 23.2 Å². The number of halogens is 2. The number of hydrazone groups is 2. The number of rotatable bonds is 8. The average molecular weight is 638 g/mol. The molecule has 0 fully saturated rings. The minimum absolute atomic E-state index is 0.242. The quantitative estimate of drug-likeness (QED) is 0.190. The Morgan fingerprint density at radius 3 is 1.40 bits per heavy atom. The third kappa shape index (κ3) is 6.59. The van der Waals surface area contributed by atoms with Crippen molar-refractivity contribution >= 4 is 69.2 Å². The highest BCUT2D eigenvalue weighted by atomic mass is 35.5. The van der Waals surface area contributed by atoms with Gasteiger partial charge < -0.3 is 15.4 Å². The standard InChI is InChI=1S/C34H26Cl2N6O3/c1-21-31(33(43)41(39-21)27-7-3-5-23(35)17-27)19-37-25-9-13-29(14-10-25)45-30-15-11-26(12-16-30)38-20-32-22(2)40-42(34(32)44)28-8-4-6-24(36)18-28/h3-20,37-38H,1-2H3. The van der Waals surface area contributed by atoms with E-state index in [-0.39, 0.29) is 11.8 Å². The molecule has 4 aromatic rings. The Labute approximate surface area is 269 Å². The molecule has 0 bridgehead atoms. The van der Waals surface area contributed by atoms with E-state index in [1.807, 2.05) is 48.5 Å². The molecule has 2 aliphatic heterocycles. The van der Waals surface area contributed by atoms with E-state index in [0.717, 1.165) is 11.4 Å². The summed E-state index contributed by atoms with van der Waals surface area (Å²) in [5.74, 6) is 0.799. The first-order chi connectivity index (χ1) is 21.7. The molecule has 0 saturated heterocycles. The molecule has 2 amide bonds. The van der Waals surface area contributed by atoms with Gasteiger partial charge in [-0.15, -0.1) is 0 Å². The van der Waals surface area contributed by atoms with E-state index in [0.29, 0.717) is 55.5 Å². The van der Waals surface area contributed by atoms with Gasteiger partial charge in [-0.1, -0.05) is 35.3 Å². The summed E-state index contributed by atoms with van der Waals surface area (Å²) < 4.78 is 5.99. The van der Waals surface area contributed by atoms with Gasteiger partial charge in [0.05, 0.1) is 33.9 Å². The molecule has 0 aliphatic carbocycles. The van der Waals surface area contributed by atoms with Crippen LogP contribution in [0.15, 0.2) is 131 Å². The Morgan fingerprint density at radius 2 is 1.02 bits per heavy atom. The third-order valence-corrected chi connectivity index (χ3v) is 7.41. The van der Waals surface area contributed by atoms with Crippen molar-refractivity contribution in [2.24, 2.45) is 10.2 Å². The molecule has 224 valence electrons. The van der Waals surface area contributed by atoms with Crippen LogP contribution in [0.4, 0.5) is 22.7 Å². The number of carbonyl (C=O) groups is 2. The number of hydrogen-bond acceptors (Lipinski definition) is 7. The van der Waals surface area contributed by atoms with Gasteiger partial charge in [0.1, 0.15) is 11.5 Å². The number of carbonyl (C=O) groups excluding carboxylic acids is 2. The number of ether oxygens (including phenoxy) is 1. The highest BCUT2D eigenvalue weighted by Crippen LogP contribution is 2.29. The van der Waals surface area contributed by atoms with Gasteiger partial charge in [-0.3, -0.25) is 9.59 Å². The molecule has 9 nitrogen and oxygen atoms in total. The zero-order valence-electron chi connectivity index (χ0n) is 24.2. The second kappa shape index (κ2) is 12.7. The smallest absolute Gasteiger partial charge is 0.282 e. The molecule has 11 heteroatoms. The molecule has 2 aliphatic rings. The largest absolute Gasteiger partial charge is 0.457 e. The molecule has 2 heterocycles. The topological polar surface area (TPSA) is 98.6 Å². The summed E-state index contributed by atoms with van der Waals surface area (Å²) >= 11 is 12.2. The minimum atomic E-state index is -0.242. The third-order valence-electron chi connectivity index (χ3n) is 6.94. The molecule has 0 atom stereocenters. The zero-order valence-corrected chi connectivity index (χ0v) is 25.7. The summed E-state index contributed by atoms with van der Waals surface area (Å²) in [5.41, 5.74) is 4.87. The highest BCUT2D eigenvalue weighted by Gasteiger charge is 2.30. The molecule has 0 radical (unpaired) electrons. The summed E-state index contributed by atoms with van der Waals surface area (Å²) in [6, 6.07) is 28.7. The van der Waals surface area contributed by atoms with E-state index in [4.69, 9.17) is 27.9 Å². The van der Waals surface area contributed by atoms with Crippen LogP contribution < -0.4 is 25.4 Å². The fraction of sp³-hybridized carbons (Fsp3) is 0.0588. The van der Waals surface area contributed by atoms with E-state index in [9.17, 15) is 9.59 Å². The number of amides is 2. The molecular formula is C34H26Cl2N6O3. The van der Waals surface area contributed by atoms with Crippen molar-refractivity contribution in [3.63, 3.8) is 0 Å². The van der Waals surface area contributed by atoms with Crippen molar-refractivity contribution in [1.82, 2.24) is 0 Å². The predicted molar refractivity (Wildman–Crippen MR) is 180 cm³/mol. The number of nitrogens with one attached hydrogen (secondary N) is 2. The first-order valence-electron chi connectivity index (χ1n) is 13.9. The van der Waals surface area contributed by atoms with Crippen LogP contribution in [0.2, 0.25) is 10.0 Å². The number of nitrogens with zero attached hydrogens (tertiary/aromatic N) is 4. The van der Waals surface area contributed by atoms with Crippen molar-refractivity contribution in [2.45, 2.75) is 13.8 Å². The van der Waals surface area contributed by atoms with Crippen molar-refractivity contribution in [2.75, 3.05) is 20.7 Å². The van der Waals surface area contributed by atoms with E-state index < -0.39 is 0 Å². The molecule has 6 rings (SSSR count). The Kier molecular flexibility index (Phi) is 8.37. The maximum absolute atomic E-state index is 12.9. The van der Waals surface area contributed by atoms with Crippen LogP contribution in [0.25, 0.3) is 0 Å². The maximum atomic E-state index is 12.9. The average Bonchev–Trinajstić information content (AvgIpc) is 3.49. The summed E-state index contributed by atoms with van der Waals surface area (Å²) in [7, 11) is 0. The molecule has 45 heavy (non-hydrogen) atoms. The molecule has 0 aromatic heterocycles. The van der Waals surface area contributed by atoms with Crippen LogP contribution in [0.1, 0.15) is 13.8 Å². The Balaban J connectivity index is 1.04. The lowest BCUT2D eigenvalue weighted by Crippen LogP contribution is -2.21. The molecular weight excluding hydrogens is 611 g/mol. The normalized spacial score (nSPS) is 16.4. The lowest BCUT2D eigenvalue weighted by molar-refractivity contribution is -0.115. The predicted octanol–water partition coefficient (Wildman–Crippen LogP) is 8.22. The summed E-state index contributed by atoms with van der Waals surface area (Å²) in [4.78, 5) is 25.9. The molecule has 0 unspecified atom stereocenters. The van der Waals surface area contributed by atoms with Gasteiger partial charge >= 0.3 is 0 Å². The Hall–Kier alpha value is -5.38. The summed E-state index contributed by atoms with van der Waals surface area (Å²) in [6.07, 6.45) is 3.29. The Bertz CT molecular complexity index is 1780. The first kappa shape index (κ1) is 29.7. The maximum Gasteiger partial charge on any atom is 0.282 e. The van der Waals surface area contributed by atoms with Crippen molar-refractivity contribution < 1.29 is 14.3 Å². The van der Waals surface area contributed by atoms with Gasteiger partial charge in [-0.2, -0.15) is 20.2 Å². The highest BCUT2D eigenvalue weighted by molar-refractivity contribution is 6.33. The van der Waals surface area contributed by atoms with E-state index in [1.54, 1.807) is 74.8 Å². The van der Waals surface area contributed by atoms with Crippen LogP contribution in [0.5, 0.6) is 11.5 Å². The monoisotopic (exact) mass is 636 g/mol. The summed E-state index contributed by atoms with van der Waals surface area (Å²) in [5, 5.41) is 18.8. The SMILES string of the molecule is CC1=NN(c2cccc(Cl)c2)C(=O)C1=CNc1ccc(Oc2ccc(NC=C3C(=O)N(c4cccc(Cl)c4)N=C3C)cc2)cc1. The molecule has 4 aromatic carbocycles. The van der Waals surface area contributed by atoms with Gasteiger partial charge in [0.25, 0.3) is 11.8 Å². The van der Waals surface area contributed by atoms with Gasteiger partial charge in [0.15, 0.2) is 0 Å². The van der Waals surface area contributed by atoms with Crippen molar-refractivity contribution in [1.29, 1.82) is 0 Å².